The number of likely N-dealkylation sites (N-methyl/N-ethyl adjacent to an activating group) is 1. The number of amides is 1. The van der Waals surface area contributed by atoms with E-state index >= 15 is 0 Å². The predicted molar refractivity (Wildman–Crippen MR) is 108 cm³/mol. The lowest BCUT2D eigenvalue weighted by Crippen LogP contribution is -2.52. The second-order valence-electron chi connectivity index (χ2n) is 7.09. The number of hydrogen-bond donors (Lipinski definition) is 1. The van der Waals surface area contributed by atoms with Crippen molar-refractivity contribution in [2.45, 2.75) is 32.4 Å². The summed E-state index contributed by atoms with van der Waals surface area (Å²) in [7, 11) is 0. The fourth-order valence-corrected chi connectivity index (χ4v) is 4.70. The molecule has 0 radical (unpaired) electrons. The smallest absolute Gasteiger partial charge is 0.224 e. The summed E-state index contributed by atoms with van der Waals surface area (Å²) in [5.41, 5.74) is 0.824. The van der Waals surface area contributed by atoms with Gasteiger partial charge >= 0.3 is 0 Å². The molecule has 1 aliphatic heterocycles. The summed E-state index contributed by atoms with van der Waals surface area (Å²) in [6, 6.07) is 10.5. The Labute approximate surface area is 165 Å². The van der Waals surface area contributed by atoms with E-state index in [9.17, 15) is 9.18 Å². The van der Waals surface area contributed by atoms with Crippen molar-refractivity contribution in [3.63, 3.8) is 0 Å². The molecule has 0 aliphatic carbocycles. The molecule has 0 spiro atoms. The molecule has 2 aromatic rings. The fourth-order valence-electron chi connectivity index (χ4n) is 3.73. The van der Waals surface area contributed by atoms with E-state index in [1.807, 2.05) is 0 Å². The van der Waals surface area contributed by atoms with Crippen LogP contribution in [0.5, 0.6) is 0 Å². The van der Waals surface area contributed by atoms with Crippen LogP contribution in [0.4, 0.5) is 4.39 Å². The number of piperazine rings is 1. The average molecular weight is 390 g/mol. The zero-order valence-corrected chi connectivity index (χ0v) is 16.8. The molecule has 146 valence electrons. The van der Waals surface area contributed by atoms with E-state index in [2.05, 4.69) is 46.5 Å². The second-order valence-corrected chi connectivity index (χ2v) is 8.07. The van der Waals surface area contributed by atoms with Crippen molar-refractivity contribution < 1.29 is 9.18 Å². The lowest BCUT2D eigenvalue weighted by atomic mass is 10.0. The highest BCUT2D eigenvalue weighted by Gasteiger charge is 2.30. The Morgan fingerprint density at radius 3 is 2.48 bits per heavy atom. The normalized spacial score (nSPS) is 18.2. The Morgan fingerprint density at radius 1 is 1.19 bits per heavy atom. The van der Waals surface area contributed by atoms with E-state index in [0.29, 0.717) is 0 Å². The summed E-state index contributed by atoms with van der Waals surface area (Å²) >= 11 is 1.74. The minimum absolute atomic E-state index is 0.00442. The Kier molecular flexibility index (Phi) is 6.99. The van der Waals surface area contributed by atoms with Gasteiger partial charge in [0.15, 0.2) is 0 Å². The molecule has 0 bridgehead atoms. The molecule has 1 amide bonds. The number of benzene rings is 1. The van der Waals surface area contributed by atoms with Crippen LogP contribution in [-0.4, -0.2) is 54.5 Å². The zero-order valence-electron chi connectivity index (χ0n) is 16.0. The van der Waals surface area contributed by atoms with Gasteiger partial charge in [0.1, 0.15) is 5.82 Å². The first-order valence-corrected chi connectivity index (χ1v) is 10.5. The molecule has 2 atom stereocenters. The first-order chi connectivity index (χ1) is 13.1. The van der Waals surface area contributed by atoms with Gasteiger partial charge < -0.3 is 10.2 Å². The van der Waals surface area contributed by atoms with E-state index in [4.69, 9.17) is 0 Å². The van der Waals surface area contributed by atoms with Gasteiger partial charge in [-0.2, -0.15) is 0 Å². The first-order valence-electron chi connectivity index (χ1n) is 9.60. The summed E-state index contributed by atoms with van der Waals surface area (Å²) in [4.78, 5) is 18.8. The Bertz CT molecular complexity index is 712. The molecule has 3 rings (SSSR count). The zero-order chi connectivity index (χ0) is 19.2. The molecule has 4 nitrogen and oxygen atoms in total. The highest BCUT2D eigenvalue weighted by molar-refractivity contribution is 7.10. The summed E-state index contributed by atoms with van der Waals surface area (Å²) in [5, 5.41) is 5.27. The van der Waals surface area contributed by atoms with Crippen LogP contribution < -0.4 is 5.32 Å². The van der Waals surface area contributed by atoms with Crippen LogP contribution in [0.15, 0.2) is 41.8 Å². The number of halogens is 1. The van der Waals surface area contributed by atoms with E-state index in [1.54, 1.807) is 23.5 Å². The molecule has 1 saturated heterocycles. The van der Waals surface area contributed by atoms with Gasteiger partial charge in [-0.1, -0.05) is 25.1 Å². The second kappa shape index (κ2) is 9.44. The van der Waals surface area contributed by atoms with Gasteiger partial charge in [-0.25, -0.2) is 4.39 Å². The molecule has 2 unspecified atom stereocenters. The number of rotatable bonds is 7. The summed E-state index contributed by atoms with van der Waals surface area (Å²) in [6.45, 7) is 9.51. The van der Waals surface area contributed by atoms with Crippen LogP contribution in [0.1, 0.15) is 30.3 Å². The van der Waals surface area contributed by atoms with Gasteiger partial charge in [-0.15, -0.1) is 11.3 Å². The van der Waals surface area contributed by atoms with Crippen molar-refractivity contribution in [3.8, 4) is 0 Å². The largest absolute Gasteiger partial charge is 0.351 e. The quantitative estimate of drug-likeness (QED) is 0.789. The van der Waals surface area contributed by atoms with Crippen LogP contribution in [0, 0.1) is 5.82 Å². The third kappa shape index (κ3) is 5.37. The Morgan fingerprint density at radius 2 is 1.89 bits per heavy atom. The Balaban J connectivity index is 1.65. The van der Waals surface area contributed by atoms with Gasteiger partial charge in [0.2, 0.25) is 5.91 Å². The molecule has 1 fully saturated rings. The topological polar surface area (TPSA) is 35.6 Å². The standard InChI is InChI=1S/C21H28FN3OS/c1-3-24-10-12-25(13-11-24)21(19-5-4-14-27-19)16(2)23-20(26)15-17-6-8-18(22)9-7-17/h4-9,14,16,21H,3,10-13,15H2,1-2H3,(H,23,26). The third-order valence-electron chi connectivity index (χ3n) is 5.22. The maximum atomic E-state index is 13.0. The fraction of sp³-hybridized carbons (Fsp3) is 0.476. The minimum atomic E-state index is -0.281. The highest BCUT2D eigenvalue weighted by atomic mass is 32.1. The average Bonchev–Trinajstić information content (AvgIpc) is 3.18. The number of nitrogens with zero attached hydrogens (tertiary/aromatic N) is 2. The van der Waals surface area contributed by atoms with Crippen molar-refractivity contribution in [3.05, 3.63) is 58.0 Å². The SMILES string of the molecule is CCN1CCN(C(c2cccs2)C(C)NC(=O)Cc2ccc(F)cc2)CC1. The molecular formula is C21H28FN3OS. The molecule has 1 N–H and O–H groups in total. The molecule has 6 heteroatoms. The number of carbonyl (C=O) groups excluding carboxylic acids is 1. The Hall–Kier alpha value is -1.76. The van der Waals surface area contributed by atoms with Crippen molar-refractivity contribution in [2.75, 3.05) is 32.7 Å². The van der Waals surface area contributed by atoms with Crippen molar-refractivity contribution in [1.29, 1.82) is 0 Å². The van der Waals surface area contributed by atoms with Gasteiger partial charge in [0.05, 0.1) is 12.5 Å². The molecule has 2 heterocycles. The monoisotopic (exact) mass is 389 g/mol. The van der Waals surface area contributed by atoms with E-state index in [0.717, 1.165) is 38.3 Å². The van der Waals surface area contributed by atoms with Crippen molar-refractivity contribution >= 4 is 17.2 Å². The van der Waals surface area contributed by atoms with Crippen molar-refractivity contribution in [1.82, 2.24) is 15.1 Å². The van der Waals surface area contributed by atoms with Crippen molar-refractivity contribution in [2.24, 2.45) is 0 Å². The number of hydrogen-bond acceptors (Lipinski definition) is 4. The van der Waals surface area contributed by atoms with E-state index in [1.165, 1.54) is 17.0 Å². The molecule has 1 aromatic carbocycles. The molecule has 1 aromatic heterocycles. The lowest BCUT2D eigenvalue weighted by molar-refractivity contribution is -0.121. The molecule has 0 saturated carbocycles. The van der Waals surface area contributed by atoms with Gasteiger partial charge in [0.25, 0.3) is 0 Å². The van der Waals surface area contributed by atoms with Crippen LogP contribution in [0.2, 0.25) is 0 Å². The van der Waals surface area contributed by atoms with Gasteiger partial charge in [-0.3, -0.25) is 9.69 Å². The van der Waals surface area contributed by atoms with E-state index < -0.39 is 0 Å². The lowest BCUT2D eigenvalue weighted by Gasteiger charge is -2.41. The maximum Gasteiger partial charge on any atom is 0.224 e. The van der Waals surface area contributed by atoms with Crippen LogP contribution in [0.3, 0.4) is 0 Å². The number of carbonyl (C=O) groups is 1. The van der Waals surface area contributed by atoms with Gasteiger partial charge in [0, 0.05) is 37.1 Å². The molecular weight excluding hydrogens is 361 g/mol. The van der Waals surface area contributed by atoms with E-state index in [-0.39, 0.29) is 30.2 Å². The summed E-state index contributed by atoms with van der Waals surface area (Å²) < 4.78 is 13.0. The first kappa shape index (κ1) is 20.0. The summed E-state index contributed by atoms with van der Waals surface area (Å²) in [5.74, 6) is -0.306. The van der Waals surface area contributed by atoms with Crippen LogP contribution in [-0.2, 0) is 11.2 Å². The minimum Gasteiger partial charge on any atom is -0.351 e. The van der Waals surface area contributed by atoms with Crippen LogP contribution >= 0.6 is 11.3 Å². The molecule has 1 aliphatic rings. The van der Waals surface area contributed by atoms with Gasteiger partial charge in [-0.05, 0) is 42.6 Å². The summed E-state index contributed by atoms with van der Waals surface area (Å²) in [6.07, 6.45) is 0.269. The third-order valence-corrected chi connectivity index (χ3v) is 6.17. The highest BCUT2D eigenvalue weighted by Crippen LogP contribution is 2.29. The number of thiophene rings is 1. The predicted octanol–water partition coefficient (Wildman–Crippen LogP) is 3.31. The van der Waals surface area contributed by atoms with Crippen LogP contribution in [0.25, 0.3) is 0 Å². The molecule has 27 heavy (non-hydrogen) atoms. The number of nitrogens with one attached hydrogen (secondary N) is 1. The maximum absolute atomic E-state index is 13.0.